The SMILES string of the molecule is CC(C#N)Sc1nnc(Cc2ccccc2)n1-c1ccccc1. The molecule has 114 valence electrons. The van der Waals surface area contributed by atoms with Crippen molar-refractivity contribution in [1.29, 1.82) is 5.26 Å². The third-order valence-electron chi connectivity index (χ3n) is 3.38. The highest BCUT2D eigenvalue weighted by Gasteiger charge is 2.17. The molecule has 0 saturated carbocycles. The first-order valence-corrected chi connectivity index (χ1v) is 8.26. The van der Waals surface area contributed by atoms with E-state index in [0.717, 1.165) is 16.7 Å². The Balaban J connectivity index is 2.01. The Morgan fingerprint density at radius 1 is 1.04 bits per heavy atom. The quantitative estimate of drug-likeness (QED) is 0.670. The third-order valence-corrected chi connectivity index (χ3v) is 4.32. The van der Waals surface area contributed by atoms with Crippen molar-refractivity contribution in [3.05, 3.63) is 72.1 Å². The fourth-order valence-corrected chi connectivity index (χ4v) is 3.06. The number of nitrogens with zero attached hydrogens (tertiary/aromatic N) is 4. The zero-order chi connectivity index (χ0) is 16.1. The summed E-state index contributed by atoms with van der Waals surface area (Å²) in [6, 6.07) is 22.4. The van der Waals surface area contributed by atoms with Gasteiger partial charge in [-0.1, -0.05) is 60.3 Å². The minimum Gasteiger partial charge on any atom is -0.274 e. The van der Waals surface area contributed by atoms with Gasteiger partial charge in [0.25, 0.3) is 0 Å². The number of para-hydroxylation sites is 1. The van der Waals surface area contributed by atoms with Crippen LogP contribution in [0.5, 0.6) is 0 Å². The van der Waals surface area contributed by atoms with Crippen LogP contribution < -0.4 is 0 Å². The number of hydrogen-bond donors (Lipinski definition) is 0. The van der Waals surface area contributed by atoms with E-state index in [1.54, 1.807) is 0 Å². The van der Waals surface area contributed by atoms with Crippen molar-refractivity contribution in [3.63, 3.8) is 0 Å². The molecule has 0 saturated heterocycles. The summed E-state index contributed by atoms with van der Waals surface area (Å²) in [5.41, 5.74) is 2.19. The van der Waals surface area contributed by atoms with Crippen LogP contribution in [-0.4, -0.2) is 20.0 Å². The molecule has 0 bridgehead atoms. The zero-order valence-electron chi connectivity index (χ0n) is 12.8. The summed E-state index contributed by atoms with van der Waals surface area (Å²) in [5, 5.41) is 18.3. The van der Waals surface area contributed by atoms with Crippen molar-refractivity contribution < 1.29 is 0 Å². The summed E-state index contributed by atoms with van der Waals surface area (Å²) in [6.45, 7) is 1.87. The molecule has 1 atom stereocenters. The molecule has 3 aromatic rings. The van der Waals surface area contributed by atoms with E-state index in [0.29, 0.717) is 6.42 Å². The van der Waals surface area contributed by atoms with E-state index >= 15 is 0 Å². The number of aromatic nitrogens is 3. The highest BCUT2D eigenvalue weighted by molar-refractivity contribution is 8.00. The number of thioether (sulfide) groups is 1. The molecule has 0 aliphatic carbocycles. The lowest BCUT2D eigenvalue weighted by Gasteiger charge is -2.10. The molecule has 2 aromatic carbocycles. The Labute approximate surface area is 139 Å². The summed E-state index contributed by atoms with van der Waals surface area (Å²) in [7, 11) is 0. The van der Waals surface area contributed by atoms with Crippen molar-refractivity contribution in [2.75, 3.05) is 0 Å². The second-order valence-corrected chi connectivity index (χ2v) is 6.43. The van der Waals surface area contributed by atoms with Crippen LogP contribution in [0.1, 0.15) is 18.3 Å². The summed E-state index contributed by atoms with van der Waals surface area (Å²) >= 11 is 1.42. The van der Waals surface area contributed by atoms with Crippen LogP contribution in [0.15, 0.2) is 65.8 Å². The predicted molar refractivity (Wildman–Crippen MR) is 91.5 cm³/mol. The Morgan fingerprint density at radius 3 is 2.35 bits per heavy atom. The molecule has 0 aliphatic heterocycles. The van der Waals surface area contributed by atoms with E-state index in [4.69, 9.17) is 5.26 Å². The van der Waals surface area contributed by atoms with Gasteiger partial charge in [-0.3, -0.25) is 4.57 Å². The van der Waals surface area contributed by atoms with Crippen molar-refractivity contribution in [2.45, 2.75) is 23.8 Å². The first-order valence-electron chi connectivity index (χ1n) is 7.38. The van der Waals surface area contributed by atoms with Crippen molar-refractivity contribution >= 4 is 11.8 Å². The van der Waals surface area contributed by atoms with Crippen LogP contribution in [0.3, 0.4) is 0 Å². The smallest absolute Gasteiger partial charge is 0.197 e. The molecule has 0 radical (unpaired) electrons. The fourth-order valence-electron chi connectivity index (χ4n) is 2.29. The number of rotatable bonds is 5. The monoisotopic (exact) mass is 320 g/mol. The van der Waals surface area contributed by atoms with Crippen LogP contribution in [0.4, 0.5) is 0 Å². The lowest BCUT2D eigenvalue weighted by Crippen LogP contribution is -2.05. The van der Waals surface area contributed by atoms with Crippen LogP contribution in [0.25, 0.3) is 5.69 Å². The molecule has 0 aliphatic rings. The maximum atomic E-state index is 9.07. The highest BCUT2D eigenvalue weighted by Crippen LogP contribution is 2.26. The van der Waals surface area contributed by atoms with Crippen LogP contribution in [0.2, 0.25) is 0 Å². The van der Waals surface area contributed by atoms with Gasteiger partial charge in [-0.2, -0.15) is 5.26 Å². The Hall–Kier alpha value is -2.58. The molecular formula is C18H16N4S. The van der Waals surface area contributed by atoms with Gasteiger partial charge in [0, 0.05) is 12.1 Å². The Kier molecular flexibility index (Phi) is 4.74. The van der Waals surface area contributed by atoms with Gasteiger partial charge in [-0.05, 0) is 24.6 Å². The summed E-state index contributed by atoms with van der Waals surface area (Å²) < 4.78 is 2.03. The molecule has 3 rings (SSSR count). The Morgan fingerprint density at radius 2 is 1.70 bits per heavy atom. The van der Waals surface area contributed by atoms with E-state index in [1.165, 1.54) is 17.3 Å². The second kappa shape index (κ2) is 7.12. The third kappa shape index (κ3) is 3.61. The molecule has 0 amide bonds. The Bertz CT molecular complexity index is 806. The van der Waals surface area contributed by atoms with Gasteiger partial charge in [-0.15, -0.1) is 10.2 Å². The molecule has 1 heterocycles. The first-order chi connectivity index (χ1) is 11.3. The van der Waals surface area contributed by atoms with E-state index in [2.05, 4.69) is 28.4 Å². The molecule has 5 heteroatoms. The molecule has 0 N–H and O–H groups in total. The fraction of sp³-hybridized carbons (Fsp3) is 0.167. The van der Waals surface area contributed by atoms with Crippen LogP contribution in [0, 0.1) is 11.3 Å². The lowest BCUT2D eigenvalue weighted by molar-refractivity contribution is 0.846. The summed E-state index contributed by atoms with van der Waals surface area (Å²) in [4.78, 5) is 0. The number of nitriles is 1. The second-order valence-electron chi connectivity index (χ2n) is 5.12. The van der Waals surface area contributed by atoms with E-state index in [9.17, 15) is 0 Å². The van der Waals surface area contributed by atoms with Gasteiger partial charge < -0.3 is 0 Å². The number of hydrogen-bond acceptors (Lipinski definition) is 4. The highest BCUT2D eigenvalue weighted by atomic mass is 32.2. The van der Waals surface area contributed by atoms with E-state index < -0.39 is 0 Å². The van der Waals surface area contributed by atoms with E-state index in [1.807, 2.05) is 60.0 Å². The maximum absolute atomic E-state index is 9.07. The molecule has 0 spiro atoms. The van der Waals surface area contributed by atoms with Crippen LogP contribution >= 0.6 is 11.8 Å². The van der Waals surface area contributed by atoms with Gasteiger partial charge >= 0.3 is 0 Å². The summed E-state index contributed by atoms with van der Waals surface area (Å²) in [5.74, 6) is 0.870. The average molecular weight is 320 g/mol. The molecule has 1 unspecified atom stereocenters. The minimum atomic E-state index is -0.175. The van der Waals surface area contributed by atoms with Gasteiger partial charge in [0.15, 0.2) is 5.16 Å². The molecule has 1 aromatic heterocycles. The van der Waals surface area contributed by atoms with Gasteiger partial charge in [0.1, 0.15) is 5.82 Å². The zero-order valence-corrected chi connectivity index (χ0v) is 13.6. The molecule has 23 heavy (non-hydrogen) atoms. The molecule has 4 nitrogen and oxygen atoms in total. The standard InChI is InChI=1S/C18H16N4S/c1-14(13-19)23-18-21-20-17(12-15-8-4-2-5-9-15)22(18)16-10-6-3-7-11-16/h2-11,14H,12H2,1H3. The average Bonchev–Trinajstić information content (AvgIpc) is 2.98. The first kappa shape index (κ1) is 15.3. The summed E-state index contributed by atoms with van der Waals surface area (Å²) in [6.07, 6.45) is 0.699. The molecule has 0 fully saturated rings. The minimum absolute atomic E-state index is 0.175. The van der Waals surface area contributed by atoms with Crippen molar-refractivity contribution in [2.24, 2.45) is 0 Å². The van der Waals surface area contributed by atoms with Gasteiger partial charge in [0.2, 0.25) is 0 Å². The normalized spacial score (nSPS) is 11.8. The van der Waals surface area contributed by atoms with Gasteiger partial charge in [0.05, 0.1) is 11.3 Å². The van der Waals surface area contributed by atoms with Crippen molar-refractivity contribution in [3.8, 4) is 11.8 Å². The molecular weight excluding hydrogens is 304 g/mol. The van der Waals surface area contributed by atoms with E-state index in [-0.39, 0.29) is 5.25 Å². The van der Waals surface area contributed by atoms with Crippen molar-refractivity contribution in [1.82, 2.24) is 14.8 Å². The number of benzene rings is 2. The predicted octanol–water partition coefficient (Wildman–Crippen LogP) is 3.86. The van der Waals surface area contributed by atoms with Gasteiger partial charge in [-0.25, -0.2) is 0 Å². The maximum Gasteiger partial charge on any atom is 0.197 e. The topological polar surface area (TPSA) is 54.5 Å². The largest absolute Gasteiger partial charge is 0.274 e. The lowest BCUT2D eigenvalue weighted by atomic mass is 10.1. The van der Waals surface area contributed by atoms with Crippen LogP contribution in [-0.2, 0) is 6.42 Å².